The Balaban J connectivity index is 0.000000170. The van der Waals surface area contributed by atoms with Gasteiger partial charge in [-0.2, -0.15) is 8.42 Å². The quantitative estimate of drug-likeness (QED) is 0.624. The van der Waals surface area contributed by atoms with Gasteiger partial charge in [0.1, 0.15) is 0 Å². The van der Waals surface area contributed by atoms with Gasteiger partial charge in [-0.25, -0.2) is 0 Å². The summed E-state index contributed by atoms with van der Waals surface area (Å²) in [6.07, 6.45) is 0. The molecule has 3 aromatic rings. The minimum absolute atomic E-state index is 0.0666. The average Bonchev–Trinajstić information content (AvgIpc) is 3.03. The highest BCUT2D eigenvalue weighted by atomic mass is 32.2. The molecule has 0 radical (unpaired) electrons. The first-order valence-electron chi connectivity index (χ1n) is 9.82. The highest BCUT2D eigenvalue weighted by Crippen LogP contribution is 2.27. The van der Waals surface area contributed by atoms with Gasteiger partial charge in [0, 0.05) is 37.2 Å². The van der Waals surface area contributed by atoms with E-state index in [4.69, 9.17) is 4.55 Å². The number of aryl methyl sites for hydroxylation is 1. The van der Waals surface area contributed by atoms with Crippen LogP contribution in [0.15, 0.2) is 71.6 Å². The molecule has 0 bridgehead atoms. The van der Waals surface area contributed by atoms with Crippen LogP contribution in [0.5, 0.6) is 0 Å². The van der Waals surface area contributed by atoms with Gasteiger partial charge in [-0.15, -0.1) is 10.2 Å². The average molecular weight is 425 g/mol. The van der Waals surface area contributed by atoms with Gasteiger partial charge in [-0.1, -0.05) is 48.0 Å². The first-order chi connectivity index (χ1) is 14.4. The van der Waals surface area contributed by atoms with E-state index in [0.29, 0.717) is 6.04 Å². The van der Waals surface area contributed by atoms with Crippen LogP contribution < -0.4 is 10.2 Å². The number of nitrogens with one attached hydrogen (secondary N) is 1. The molecule has 5 rings (SSSR count). The lowest BCUT2D eigenvalue weighted by atomic mass is 9.96. The first-order valence-corrected chi connectivity index (χ1v) is 11.3. The van der Waals surface area contributed by atoms with E-state index in [9.17, 15) is 8.42 Å². The molecule has 2 N–H and O–H groups in total. The maximum absolute atomic E-state index is 10.5. The van der Waals surface area contributed by atoms with Crippen molar-refractivity contribution in [2.75, 3.05) is 24.5 Å². The van der Waals surface area contributed by atoms with Crippen LogP contribution in [-0.4, -0.2) is 48.8 Å². The van der Waals surface area contributed by atoms with Gasteiger partial charge in [0.05, 0.1) is 10.6 Å². The Morgan fingerprint density at radius 3 is 2.20 bits per heavy atom. The minimum Gasteiger partial charge on any atom is -0.353 e. The zero-order valence-electron chi connectivity index (χ0n) is 16.6. The number of hydrogen-bond acceptors (Lipinski definition) is 6. The minimum atomic E-state index is -4.02. The number of hydrogen-bond donors (Lipinski definition) is 2. The Hall–Kier alpha value is -2.81. The predicted molar refractivity (Wildman–Crippen MR) is 116 cm³/mol. The smallest absolute Gasteiger partial charge is 0.294 e. The van der Waals surface area contributed by atoms with E-state index in [1.165, 1.54) is 12.1 Å². The fourth-order valence-corrected chi connectivity index (χ4v) is 4.09. The summed E-state index contributed by atoms with van der Waals surface area (Å²) < 4.78 is 29.6. The van der Waals surface area contributed by atoms with Gasteiger partial charge in [-0.05, 0) is 31.2 Å². The Bertz CT molecular complexity index is 1080. The second-order valence-corrected chi connectivity index (χ2v) is 9.03. The fraction of sp³-hybridized carbons (Fsp3) is 0.273. The third-order valence-corrected chi connectivity index (χ3v) is 6.31. The summed E-state index contributed by atoms with van der Waals surface area (Å²) in [7, 11) is -4.02. The molecule has 0 saturated carbocycles. The van der Waals surface area contributed by atoms with Crippen molar-refractivity contribution in [3.8, 4) is 11.3 Å². The molecule has 30 heavy (non-hydrogen) atoms. The van der Waals surface area contributed by atoms with Crippen LogP contribution in [0.4, 0.5) is 5.82 Å². The largest absolute Gasteiger partial charge is 0.353 e. The summed E-state index contributed by atoms with van der Waals surface area (Å²) in [4.78, 5) is 2.26. The van der Waals surface area contributed by atoms with E-state index in [1.54, 1.807) is 12.1 Å². The molecule has 0 amide bonds. The monoisotopic (exact) mass is 424 g/mol. The van der Waals surface area contributed by atoms with Crippen LogP contribution in [0, 0.1) is 12.8 Å². The lowest BCUT2D eigenvalue weighted by Gasteiger charge is -2.29. The SMILES string of the molecule is Cc1ccc(S(=O)(=O)O)cc1.c1ccc(-c2ccc(N3CC4CNC4C3)nn2)cc1. The Kier molecular flexibility index (Phi) is 5.80. The third kappa shape index (κ3) is 4.67. The topological polar surface area (TPSA) is 95.4 Å². The van der Waals surface area contributed by atoms with Crippen LogP contribution >= 0.6 is 0 Å². The van der Waals surface area contributed by atoms with Gasteiger partial charge in [-0.3, -0.25) is 4.55 Å². The Morgan fingerprint density at radius 1 is 0.967 bits per heavy atom. The van der Waals surface area contributed by atoms with Crippen molar-refractivity contribution in [1.29, 1.82) is 0 Å². The van der Waals surface area contributed by atoms with Crippen LogP contribution in [0.1, 0.15) is 5.56 Å². The van der Waals surface area contributed by atoms with Crippen molar-refractivity contribution in [2.45, 2.75) is 17.9 Å². The number of rotatable bonds is 3. The standard InChI is InChI=1S/C15H16N4.C7H8O3S/c1-2-4-11(5-3-1)13-6-7-15(18-17-13)19-9-12-8-16-14(12)10-19;1-6-2-4-7(5-3-6)11(8,9)10/h1-7,12,14,16H,8-10H2;2-5H,1H3,(H,8,9,10). The van der Waals surface area contributed by atoms with E-state index in [0.717, 1.165) is 48.2 Å². The zero-order chi connectivity index (χ0) is 21.1. The van der Waals surface area contributed by atoms with Gasteiger partial charge in [0.25, 0.3) is 10.1 Å². The van der Waals surface area contributed by atoms with Gasteiger partial charge in [0.15, 0.2) is 5.82 Å². The van der Waals surface area contributed by atoms with Crippen molar-refractivity contribution in [1.82, 2.24) is 15.5 Å². The van der Waals surface area contributed by atoms with Crippen LogP contribution in [0.2, 0.25) is 0 Å². The van der Waals surface area contributed by atoms with Gasteiger partial charge >= 0.3 is 0 Å². The van der Waals surface area contributed by atoms with Crippen molar-refractivity contribution < 1.29 is 13.0 Å². The normalized spacial score (nSPS) is 20.0. The molecule has 3 heterocycles. The molecular formula is C22H24N4O3S. The molecule has 0 spiro atoms. The molecule has 7 nitrogen and oxygen atoms in total. The van der Waals surface area contributed by atoms with Crippen molar-refractivity contribution in [2.24, 2.45) is 5.92 Å². The molecular weight excluding hydrogens is 400 g/mol. The lowest BCUT2D eigenvalue weighted by molar-refractivity contribution is 0.297. The van der Waals surface area contributed by atoms with E-state index < -0.39 is 10.1 Å². The molecule has 1 aromatic heterocycles. The number of benzene rings is 2. The summed E-state index contributed by atoms with van der Waals surface area (Å²) >= 11 is 0. The summed E-state index contributed by atoms with van der Waals surface area (Å²) in [5, 5.41) is 12.2. The number of fused-ring (bicyclic) bond motifs is 1. The Labute approximate surface area is 176 Å². The summed E-state index contributed by atoms with van der Waals surface area (Å²) in [6.45, 7) is 5.16. The van der Waals surface area contributed by atoms with E-state index in [1.807, 2.05) is 25.1 Å². The van der Waals surface area contributed by atoms with Crippen molar-refractivity contribution in [3.63, 3.8) is 0 Å². The van der Waals surface area contributed by atoms with Crippen LogP contribution in [-0.2, 0) is 10.1 Å². The van der Waals surface area contributed by atoms with Crippen molar-refractivity contribution in [3.05, 3.63) is 72.3 Å². The predicted octanol–water partition coefficient (Wildman–Crippen LogP) is 2.79. The van der Waals surface area contributed by atoms with Gasteiger partial charge in [0.2, 0.25) is 0 Å². The van der Waals surface area contributed by atoms with Gasteiger partial charge < -0.3 is 10.2 Å². The van der Waals surface area contributed by atoms with Crippen molar-refractivity contribution >= 4 is 15.9 Å². The van der Waals surface area contributed by atoms with E-state index in [-0.39, 0.29) is 4.90 Å². The molecule has 0 aliphatic carbocycles. The molecule has 156 valence electrons. The third-order valence-electron chi connectivity index (χ3n) is 5.45. The highest BCUT2D eigenvalue weighted by molar-refractivity contribution is 7.85. The van der Waals surface area contributed by atoms with E-state index in [2.05, 4.69) is 44.7 Å². The zero-order valence-corrected chi connectivity index (χ0v) is 17.5. The molecule has 2 aliphatic rings. The van der Waals surface area contributed by atoms with Crippen LogP contribution in [0.25, 0.3) is 11.3 Å². The first kappa shape index (κ1) is 20.5. The maximum atomic E-state index is 10.5. The summed E-state index contributed by atoms with van der Waals surface area (Å²) in [5.74, 6) is 1.80. The highest BCUT2D eigenvalue weighted by Gasteiger charge is 2.39. The lowest BCUT2D eigenvalue weighted by Crippen LogP contribution is -2.51. The number of nitrogens with zero attached hydrogens (tertiary/aromatic N) is 3. The fourth-order valence-electron chi connectivity index (χ4n) is 3.61. The van der Waals surface area contributed by atoms with E-state index >= 15 is 0 Å². The molecule has 8 heteroatoms. The number of aromatic nitrogens is 2. The van der Waals surface area contributed by atoms with Crippen LogP contribution in [0.3, 0.4) is 0 Å². The molecule has 2 saturated heterocycles. The Morgan fingerprint density at radius 2 is 1.70 bits per heavy atom. The second kappa shape index (κ2) is 8.51. The summed E-state index contributed by atoms with van der Waals surface area (Å²) in [5.41, 5.74) is 3.01. The molecule has 2 atom stereocenters. The molecule has 2 fully saturated rings. The number of anilines is 1. The maximum Gasteiger partial charge on any atom is 0.294 e. The second-order valence-electron chi connectivity index (χ2n) is 7.61. The molecule has 2 unspecified atom stereocenters. The molecule has 2 aromatic carbocycles. The molecule has 2 aliphatic heterocycles. The summed E-state index contributed by atoms with van der Waals surface area (Å²) in [6, 6.07) is 21.0.